The van der Waals surface area contributed by atoms with E-state index in [1.54, 1.807) is 6.07 Å². The number of ether oxygens (including phenoxy) is 2. The van der Waals surface area contributed by atoms with E-state index in [-0.39, 0.29) is 11.0 Å². The second-order valence-corrected chi connectivity index (χ2v) is 7.23. The maximum atomic E-state index is 11.7. The van der Waals surface area contributed by atoms with Crippen LogP contribution in [0.25, 0.3) is 0 Å². The maximum absolute atomic E-state index is 11.7. The number of methoxy groups -OCH3 is 1. The molecule has 0 aliphatic carbocycles. The summed E-state index contributed by atoms with van der Waals surface area (Å²) in [6.07, 6.45) is 0.508. The van der Waals surface area contributed by atoms with Crippen LogP contribution < -0.4 is 14.8 Å². The van der Waals surface area contributed by atoms with E-state index in [4.69, 9.17) is 20.7 Å². The summed E-state index contributed by atoms with van der Waals surface area (Å²) in [6, 6.07) is 8.16. The van der Waals surface area contributed by atoms with Gasteiger partial charge in [0.2, 0.25) is 0 Å². The Hall–Kier alpha value is -2.04. The molecule has 0 saturated heterocycles. The molecule has 0 aliphatic heterocycles. The Morgan fingerprint density at radius 1 is 1.21 bits per heavy atom. The molecule has 0 heterocycles. The summed E-state index contributed by atoms with van der Waals surface area (Å²) >= 11 is 5.66. The first-order valence-corrected chi connectivity index (χ1v) is 9.63. The Bertz CT molecular complexity index is 809. The first-order chi connectivity index (χ1) is 11.4. The molecule has 24 heavy (non-hydrogen) atoms. The number of benzene rings is 2. The molecule has 0 N–H and O–H groups in total. The fraction of sp³-hybridized carbons (Fsp3) is 0.250. The lowest BCUT2D eigenvalue weighted by atomic mass is 10.1. The van der Waals surface area contributed by atoms with E-state index in [2.05, 4.69) is 0 Å². The third-order valence-electron chi connectivity index (χ3n) is 3.51. The number of nitro groups is 1. The van der Waals surface area contributed by atoms with E-state index in [1.807, 2.05) is 26.0 Å². The zero-order chi connectivity index (χ0) is 17.9. The number of hydrogen-bond acceptors (Lipinski definition) is 5. The van der Waals surface area contributed by atoms with Crippen LogP contribution in [0.15, 0.2) is 30.3 Å². The predicted octanol–water partition coefficient (Wildman–Crippen LogP) is 4.61. The van der Waals surface area contributed by atoms with Gasteiger partial charge in [-0.2, -0.15) is 0 Å². The van der Waals surface area contributed by atoms with Gasteiger partial charge in [0.1, 0.15) is 11.1 Å². The van der Waals surface area contributed by atoms with Crippen molar-refractivity contribution in [2.45, 2.75) is 20.3 Å². The van der Waals surface area contributed by atoms with Gasteiger partial charge in [0.05, 0.1) is 12.0 Å². The highest BCUT2D eigenvalue weighted by atomic mass is 35.7. The van der Waals surface area contributed by atoms with Gasteiger partial charge in [0, 0.05) is 11.6 Å². The number of rotatable bonds is 6. The lowest BCUT2D eigenvalue weighted by Gasteiger charge is -2.14. The molecule has 6 nitrogen and oxygen atoms in total. The molecule has 128 valence electrons. The largest absolute Gasteiger partial charge is 0.493 e. The molecule has 2 aromatic rings. The SMILES string of the molecule is CCc1cc([N+](=O)[O-])c([PH](=O)Cl)cc1Oc1ccc(C)cc1OC. The van der Waals surface area contributed by atoms with Gasteiger partial charge in [-0.15, -0.1) is 0 Å². The smallest absolute Gasteiger partial charge is 0.281 e. The number of nitrogens with zero attached hydrogens (tertiary/aromatic N) is 1. The second kappa shape index (κ2) is 7.69. The van der Waals surface area contributed by atoms with E-state index in [1.165, 1.54) is 19.2 Å². The molecule has 0 aliphatic rings. The molecule has 0 spiro atoms. The van der Waals surface area contributed by atoms with Crippen LogP contribution in [-0.2, 0) is 11.0 Å². The van der Waals surface area contributed by atoms with Gasteiger partial charge in [-0.25, -0.2) is 0 Å². The van der Waals surface area contributed by atoms with Crippen LogP contribution in [0, 0.1) is 17.0 Å². The van der Waals surface area contributed by atoms with Gasteiger partial charge in [-0.1, -0.05) is 24.2 Å². The van der Waals surface area contributed by atoms with Crippen molar-refractivity contribution < 1.29 is 19.0 Å². The summed E-state index contributed by atoms with van der Waals surface area (Å²) in [5, 5.41) is 11.1. The lowest BCUT2D eigenvalue weighted by Crippen LogP contribution is -2.07. The van der Waals surface area contributed by atoms with Gasteiger partial charge in [0.25, 0.3) is 5.69 Å². The van der Waals surface area contributed by atoms with Crippen molar-refractivity contribution in [3.63, 3.8) is 0 Å². The minimum Gasteiger partial charge on any atom is -0.493 e. The minimum atomic E-state index is -2.78. The summed E-state index contributed by atoms with van der Waals surface area (Å²) in [7, 11) is -1.25. The fourth-order valence-electron chi connectivity index (χ4n) is 2.27. The number of halogens is 1. The normalized spacial score (nSPS) is 11.8. The van der Waals surface area contributed by atoms with Crippen molar-refractivity contribution >= 4 is 29.4 Å². The molecule has 0 saturated carbocycles. The summed E-state index contributed by atoms with van der Waals surface area (Å²) in [5.41, 5.74) is 1.37. The third-order valence-corrected chi connectivity index (χ3v) is 4.94. The molecule has 2 rings (SSSR count). The van der Waals surface area contributed by atoms with Crippen LogP contribution in [0.2, 0.25) is 0 Å². The summed E-state index contributed by atoms with van der Waals surface area (Å²) in [4.78, 5) is 10.6. The van der Waals surface area contributed by atoms with E-state index >= 15 is 0 Å². The Morgan fingerprint density at radius 3 is 2.46 bits per heavy atom. The lowest BCUT2D eigenvalue weighted by molar-refractivity contribution is -0.383. The number of hydrogen-bond donors (Lipinski definition) is 0. The monoisotopic (exact) mass is 369 g/mol. The first-order valence-electron chi connectivity index (χ1n) is 7.21. The standard InChI is InChI=1S/C16H17ClNO5P/c1-4-11-8-12(18(19)20)16(24(17)21)9-14(11)23-13-6-5-10(2)7-15(13)22-3/h5-9,24H,4H2,1-3H3. The Kier molecular flexibility index (Phi) is 5.86. The van der Waals surface area contributed by atoms with Gasteiger partial charge in [-0.3, -0.25) is 10.1 Å². The van der Waals surface area contributed by atoms with Gasteiger partial charge >= 0.3 is 0 Å². The fourth-order valence-corrected chi connectivity index (χ4v) is 3.33. The van der Waals surface area contributed by atoms with Crippen LogP contribution in [0.1, 0.15) is 18.1 Å². The van der Waals surface area contributed by atoms with E-state index < -0.39 is 12.1 Å². The van der Waals surface area contributed by atoms with Crippen LogP contribution in [0.5, 0.6) is 17.2 Å². The molecule has 2 aromatic carbocycles. The van der Waals surface area contributed by atoms with Crippen LogP contribution in [0.4, 0.5) is 5.69 Å². The number of aryl methyl sites for hydroxylation is 2. The van der Waals surface area contributed by atoms with E-state index in [0.29, 0.717) is 29.2 Å². The average Bonchev–Trinajstić information content (AvgIpc) is 2.55. The highest BCUT2D eigenvalue weighted by Crippen LogP contribution is 2.38. The van der Waals surface area contributed by atoms with Gasteiger partial charge in [0.15, 0.2) is 18.7 Å². The molecule has 0 fully saturated rings. The van der Waals surface area contributed by atoms with Crippen molar-refractivity contribution in [1.29, 1.82) is 0 Å². The van der Waals surface area contributed by atoms with Crippen molar-refractivity contribution in [1.82, 2.24) is 0 Å². The molecular formula is C16H17ClNO5P. The van der Waals surface area contributed by atoms with Gasteiger partial charge in [-0.05, 0) is 37.1 Å². The zero-order valence-electron chi connectivity index (χ0n) is 13.5. The first kappa shape index (κ1) is 18.3. The molecule has 0 radical (unpaired) electrons. The molecule has 1 unspecified atom stereocenters. The molecule has 1 atom stereocenters. The molecular weight excluding hydrogens is 353 g/mol. The van der Waals surface area contributed by atoms with Crippen molar-refractivity contribution in [2.24, 2.45) is 0 Å². The average molecular weight is 370 g/mol. The highest BCUT2D eigenvalue weighted by Gasteiger charge is 2.22. The quantitative estimate of drug-likeness (QED) is 0.422. The highest BCUT2D eigenvalue weighted by molar-refractivity contribution is 7.80. The van der Waals surface area contributed by atoms with E-state index in [0.717, 1.165) is 5.56 Å². The van der Waals surface area contributed by atoms with Crippen LogP contribution in [-0.4, -0.2) is 12.0 Å². The predicted molar refractivity (Wildman–Crippen MR) is 94.8 cm³/mol. The van der Waals surface area contributed by atoms with Gasteiger partial charge < -0.3 is 14.0 Å². The van der Waals surface area contributed by atoms with E-state index in [9.17, 15) is 14.7 Å². The zero-order valence-corrected chi connectivity index (χ0v) is 15.2. The topological polar surface area (TPSA) is 78.7 Å². The summed E-state index contributed by atoms with van der Waals surface area (Å²) in [6.45, 7) is 3.77. The Balaban J connectivity index is 2.56. The molecule has 0 bridgehead atoms. The molecule has 0 aromatic heterocycles. The van der Waals surface area contributed by atoms with Crippen LogP contribution in [0.3, 0.4) is 0 Å². The van der Waals surface area contributed by atoms with Crippen LogP contribution >= 0.6 is 18.4 Å². The Labute approximate surface area is 145 Å². The van der Waals surface area contributed by atoms with Crippen molar-refractivity contribution in [3.8, 4) is 17.2 Å². The van der Waals surface area contributed by atoms with Crippen molar-refractivity contribution in [2.75, 3.05) is 7.11 Å². The maximum Gasteiger partial charge on any atom is 0.281 e. The summed E-state index contributed by atoms with van der Waals surface area (Å²) < 4.78 is 22.9. The Morgan fingerprint density at radius 2 is 1.92 bits per heavy atom. The van der Waals surface area contributed by atoms with Crippen molar-refractivity contribution in [3.05, 3.63) is 51.6 Å². The summed E-state index contributed by atoms with van der Waals surface area (Å²) in [5.74, 6) is 1.38. The molecule has 0 amide bonds. The molecule has 8 heteroatoms. The second-order valence-electron chi connectivity index (χ2n) is 5.12. The number of nitro benzene ring substituents is 1. The minimum absolute atomic E-state index is 0.0232. The third kappa shape index (κ3) is 3.89.